The molecule has 3 saturated carbocycles. The number of hydrogen-bond donors (Lipinski definition) is 1. The number of nitrogens with two attached hydrogens (primary N) is 1. The summed E-state index contributed by atoms with van der Waals surface area (Å²) in [5.41, 5.74) is 7.61. The maximum Gasteiger partial charge on any atom is 0.0246 e. The van der Waals surface area contributed by atoms with Crippen LogP contribution >= 0.6 is 0 Å². The van der Waals surface area contributed by atoms with E-state index < -0.39 is 0 Å². The molecule has 0 spiro atoms. The fourth-order valence-electron chi connectivity index (χ4n) is 5.28. The van der Waals surface area contributed by atoms with Gasteiger partial charge >= 0.3 is 0 Å². The maximum absolute atomic E-state index is 6.83. The minimum absolute atomic E-state index is 0.277. The molecule has 0 radical (unpaired) electrons. The molecule has 0 bridgehead atoms. The molecule has 2 N–H and O–H groups in total. The van der Waals surface area contributed by atoms with Gasteiger partial charge in [-0.25, -0.2) is 0 Å². The van der Waals surface area contributed by atoms with Gasteiger partial charge in [0.1, 0.15) is 0 Å². The van der Waals surface area contributed by atoms with Gasteiger partial charge in [-0.15, -0.1) is 0 Å². The summed E-state index contributed by atoms with van der Waals surface area (Å²) in [5, 5.41) is 0. The smallest absolute Gasteiger partial charge is 0.0246 e. The molecule has 0 aromatic heterocycles. The van der Waals surface area contributed by atoms with E-state index in [-0.39, 0.29) is 5.54 Å². The van der Waals surface area contributed by atoms with E-state index in [0.717, 1.165) is 23.7 Å². The number of rotatable bonds is 1. The van der Waals surface area contributed by atoms with Crippen molar-refractivity contribution in [1.82, 2.24) is 0 Å². The summed E-state index contributed by atoms with van der Waals surface area (Å²) in [6, 6.07) is 0. The highest BCUT2D eigenvalue weighted by atomic mass is 14.9. The molecular formula is C17H31N. The van der Waals surface area contributed by atoms with Crippen molar-refractivity contribution in [3.05, 3.63) is 0 Å². The third-order valence-corrected chi connectivity index (χ3v) is 6.60. The van der Waals surface area contributed by atoms with Gasteiger partial charge in [-0.2, -0.15) is 0 Å². The molecule has 18 heavy (non-hydrogen) atoms. The minimum atomic E-state index is 0.277. The average molecular weight is 249 g/mol. The lowest BCUT2D eigenvalue weighted by Crippen LogP contribution is -2.40. The van der Waals surface area contributed by atoms with E-state index in [9.17, 15) is 0 Å². The Kier molecular flexibility index (Phi) is 3.05. The Labute approximate surface area is 113 Å². The van der Waals surface area contributed by atoms with Crippen LogP contribution in [0.15, 0.2) is 0 Å². The van der Waals surface area contributed by atoms with Crippen LogP contribution < -0.4 is 5.73 Å². The zero-order valence-electron chi connectivity index (χ0n) is 12.5. The molecule has 3 fully saturated rings. The highest BCUT2D eigenvalue weighted by molar-refractivity contribution is 5.20. The van der Waals surface area contributed by atoms with E-state index in [0.29, 0.717) is 5.41 Å². The Bertz CT molecular complexity index is 294. The molecule has 3 aliphatic carbocycles. The molecule has 2 atom stereocenters. The zero-order valence-corrected chi connectivity index (χ0v) is 12.5. The monoisotopic (exact) mass is 249 g/mol. The Hall–Kier alpha value is -0.0400. The normalized spacial score (nSPS) is 48.7. The summed E-state index contributed by atoms with van der Waals surface area (Å²) in [5.74, 6) is 3.59. The molecule has 104 valence electrons. The largest absolute Gasteiger partial charge is 0.324 e. The zero-order chi connectivity index (χ0) is 13.0. The van der Waals surface area contributed by atoms with E-state index >= 15 is 0 Å². The summed E-state index contributed by atoms with van der Waals surface area (Å²) in [6.07, 6.45) is 11.4. The molecule has 0 amide bonds. The Morgan fingerprint density at radius 2 is 1.33 bits per heavy atom. The van der Waals surface area contributed by atoms with Gasteiger partial charge in [-0.05, 0) is 67.6 Å². The lowest BCUT2D eigenvalue weighted by Gasteiger charge is -2.39. The predicted octanol–water partition coefficient (Wildman–Crippen LogP) is 4.36. The van der Waals surface area contributed by atoms with Crippen molar-refractivity contribution in [1.29, 1.82) is 0 Å². The van der Waals surface area contributed by atoms with E-state index in [1.54, 1.807) is 0 Å². The highest BCUT2D eigenvalue weighted by Crippen LogP contribution is 2.63. The Balaban J connectivity index is 1.60. The van der Waals surface area contributed by atoms with E-state index in [1.807, 2.05) is 0 Å². The molecule has 3 rings (SSSR count). The lowest BCUT2D eigenvalue weighted by atomic mass is 9.67. The first-order valence-electron chi connectivity index (χ1n) is 8.23. The fourth-order valence-corrected chi connectivity index (χ4v) is 5.28. The van der Waals surface area contributed by atoms with Crippen LogP contribution in [0.1, 0.15) is 72.1 Å². The summed E-state index contributed by atoms with van der Waals surface area (Å²) in [4.78, 5) is 0. The highest BCUT2D eigenvalue weighted by Gasteiger charge is 2.65. The van der Waals surface area contributed by atoms with Crippen LogP contribution in [-0.4, -0.2) is 5.54 Å². The van der Waals surface area contributed by atoms with Crippen LogP contribution in [0.4, 0.5) is 0 Å². The quantitative estimate of drug-likeness (QED) is 0.734. The van der Waals surface area contributed by atoms with Gasteiger partial charge < -0.3 is 5.73 Å². The molecule has 0 aromatic carbocycles. The Morgan fingerprint density at radius 3 is 1.78 bits per heavy atom. The first-order chi connectivity index (χ1) is 8.44. The second-order valence-corrected chi connectivity index (χ2v) is 8.41. The molecule has 0 aromatic rings. The van der Waals surface area contributed by atoms with Crippen molar-refractivity contribution in [2.75, 3.05) is 0 Å². The maximum atomic E-state index is 6.83. The van der Waals surface area contributed by atoms with Crippen LogP contribution in [-0.2, 0) is 0 Å². The van der Waals surface area contributed by atoms with Gasteiger partial charge in [-0.3, -0.25) is 0 Å². The van der Waals surface area contributed by atoms with Crippen LogP contribution in [0.2, 0.25) is 0 Å². The van der Waals surface area contributed by atoms with Crippen LogP contribution in [0.25, 0.3) is 0 Å². The van der Waals surface area contributed by atoms with Crippen molar-refractivity contribution in [3.8, 4) is 0 Å². The van der Waals surface area contributed by atoms with Crippen molar-refractivity contribution < 1.29 is 0 Å². The van der Waals surface area contributed by atoms with E-state index in [4.69, 9.17) is 5.73 Å². The van der Waals surface area contributed by atoms with Crippen molar-refractivity contribution in [2.45, 2.75) is 77.7 Å². The average Bonchev–Trinajstić information content (AvgIpc) is 2.97. The fraction of sp³-hybridized carbons (Fsp3) is 1.00. The minimum Gasteiger partial charge on any atom is -0.324 e. The Morgan fingerprint density at radius 1 is 0.833 bits per heavy atom. The first-order valence-corrected chi connectivity index (χ1v) is 8.23. The summed E-state index contributed by atoms with van der Waals surface area (Å²) >= 11 is 0. The number of fused-ring (bicyclic) bond motifs is 1. The van der Waals surface area contributed by atoms with E-state index in [2.05, 4.69) is 20.8 Å². The van der Waals surface area contributed by atoms with Gasteiger partial charge in [0, 0.05) is 5.54 Å². The van der Waals surface area contributed by atoms with Gasteiger partial charge in [0.15, 0.2) is 0 Å². The van der Waals surface area contributed by atoms with Crippen LogP contribution in [0, 0.1) is 29.1 Å². The topological polar surface area (TPSA) is 26.0 Å². The number of hydrogen-bond acceptors (Lipinski definition) is 1. The SMILES string of the molecule is CC(C)(C)C1CCC(C2(N)C3CCCCC32)CC1. The van der Waals surface area contributed by atoms with E-state index in [1.165, 1.54) is 51.4 Å². The van der Waals surface area contributed by atoms with Crippen LogP contribution in [0.3, 0.4) is 0 Å². The van der Waals surface area contributed by atoms with Gasteiger partial charge in [0.05, 0.1) is 0 Å². The molecule has 3 aliphatic rings. The molecule has 0 saturated heterocycles. The third-order valence-electron chi connectivity index (χ3n) is 6.60. The molecular weight excluding hydrogens is 218 g/mol. The lowest BCUT2D eigenvalue weighted by molar-refractivity contribution is 0.130. The summed E-state index contributed by atoms with van der Waals surface area (Å²) in [6.45, 7) is 7.23. The molecule has 1 nitrogen and oxygen atoms in total. The third kappa shape index (κ3) is 1.94. The summed E-state index contributed by atoms with van der Waals surface area (Å²) in [7, 11) is 0. The molecule has 0 heterocycles. The second kappa shape index (κ2) is 4.23. The molecule has 0 aliphatic heterocycles. The van der Waals surface area contributed by atoms with Crippen molar-refractivity contribution in [2.24, 2.45) is 34.8 Å². The van der Waals surface area contributed by atoms with Crippen molar-refractivity contribution >= 4 is 0 Å². The molecule has 1 heteroatoms. The van der Waals surface area contributed by atoms with Crippen molar-refractivity contribution in [3.63, 3.8) is 0 Å². The standard InChI is InChI=1S/C17H31N/c1-16(2,3)12-8-10-13(11-9-12)17(18)14-6-4-5-7-15(14)17/h12-15H,4-11,18H2,1-3H3. The van der Waals surface area contributed by atoms with Crippen LogP contribution in [0.5, 0.6) is 0 Å². The summed E-state index contributed by atoms with van der Waals surface area (Å²) < 4.78 is 0. The first kappa shape index (κ1) is 13.0. The van der Waals surface area contributed by atoms with Gasteiger partial charge in [0.25, 0.3) is 0 Å². The molecule has 2 unspecified atom stereocenters. The second-order valence-electron chi connectivity index (χ2n) is 8.41. The predicted molar refractivity (Wildman–Crippen MR) is 77.3 cm³/mol. The van der Waals surface area contributed by atoms with Gasteiger partial charge in [0.2, 0.25) is 0 Å². The van der Waals surface area contributed by atoms with Gasteiger partial charge in [-0.1, -0.05) is 33.6 Å².